The van der Waals surface area contributed by atoms with Gasteiger partial charge in [-0.15, -0.1) is 0 Å². The Bertz CT molecular complexity index is 561. The van der Waals surface area contributed by atoms with Gasteiger partial charge in [-0.3, -0.25) is 4.68 Å². The number of aryl methyl sites for hydroxylation is 1. The predicted octanol–water partition coefficient (Wildman–Crippen LogP) is 3.57. The maximum Gasteiger partial charge on any atom is 0.161 e. The van der Waals surface area contributed by atoms with Crippen LogP contribution in [0.2, 0.25) is 0 Å². The van der Waals surface area contributed by atoms with Gasteiger partial charge in [0.05, 0.1) is 25.0 Å². The Labute approximate surface area is 134 Å². The molecular formula is C16H22BrN3O. The van der Waals surface area contributed by atoms with Crippen molar-refractivity contribution in [3.63, 3.8) is 0 Å². The molecule has 0 aliphatic rings. The zero-order valence-electron chi connectivity index (χ0n) is 12.8. The van der Waals surface area contributed by atoms with Gasteiger partial charge in [0.15, 0.2) is 5.75 Å². The summed E-state index contributed by atoms with van der Waals surface area (Å²) in [6.45, 7) is 5.94. The van der Waals surface area contributed by atoms with Crippen LogP contribution < -0.4 is 10.1 Å². The highest BCUT2D eigenvalue weighted by molar-refractivity contribution is 9.10. The summed E-state index contributed by atoms with van der Waals surface area (Å²) in [5.74, 6) is 0.842. The first-order chi connectivity index (χ1) is 10.2. The minimum absolute atomic E-state index is 0.172. The molecule has 0 saturated heterocycles. The summed E-state index contributed by atoms with van der Waals surface area (Å²) in [6, 6.07) is 8.50. The number of hydrogen-bond acceptors (Lipinski definition) is 3. The first-order valence-corrected chi connectivity index (χ1v) is 8.07. The molecule has 4 nitrogen and oxygen atoms in total. The van der Waals surface area contributed by atoms with Crippen LogP contribution in [0.25, 0.3) is 0 Å². The second-order valence-corrected chi connectivity index (χ2v) is 5.67. The summed E-state index contributed by atoms with van der Waals surface area (Å²) >= 11 is 3.63. The highest BCUT2D eigenvalue weighted by atomic mass is 79.9. The third-order valence-electron chi connectivity index (χ3n) is 3.53. The first-order valence-electron chi connectivity index (χ1n) is 7.27. The molecule has 0 spiro atoms. The molecule has 0 amide bonds. The second-order valence-electron chi connectivity index (χ2n) is 4.82. The predicted molar refractivity (Wildman–Crippen MR) is 88.7 cm³/mol. The molecule has 1 aromatic heterocycles. The Morgan fingerprint density at radius 2 is 2.10 bits per heavy atom. The van der Waals surface area contributed by atoms with Crippen LogP contribution >= 0.6 is 15.9 Å². The number of methoxy groups -OCH3 is 1. The van der Waals surface area contributed by atoms with Crippen LogP contribution in [0.4, 0.5) is 0 Å². The van der Waals surface area contributed by atoms with E-state index in [-0.39, 0.29) is 6.04 Å². The van der Waals surface area contributed by atoms with E-state index in [9.17, 15) is 0 Å². The molecule has 0 saturated carbocycles. The molecule has 1 unspecified atom stereocenters. The zero-order chi connectivity index (χ0) is 15.2. The molecule has 1 atom stereocenters. The van der Waals surface area contributed by atoms with Crippen molar-refractivity contribution in [2.45, 2.75) is 32.9 Å². The van der Waals surface area contributed by atoms with E-state index in [1.807, 2.05) is 10.7 Å². The SMILES string of the molecule is CCNC(Cc1ccccc1Br)c1c(OC)cnn1CC. The van der Waals surface area contributed by atoms with Crippen molar-refractivity contribution >= 4 is 15.9 Å². The van der Waals surface area contributed by atoms with Gasteiger partial charge >= 0.3 is 0 Å². The fraction of sp³-hybridized carbons (Fsp3) is 0.438. The lowest BCUT2D eigenvalue weighted by Crippen LogP contribution is -2.26. The molecule has 0 radical (unpaired) electrons. The van der Waals surface area contributed by atoms with Crippen LogP contribution in [0.3, 0.4) is 0 Å². The Balaban J connectivity index is 2.35. The fourth-order valence-electron chi connectivity index (χ4n) is 2.53. The van der Waals surface area contributed by atoms with Crippen molar-refractivity contribution in [1.29, 1.82) is 0 Å². The van der Waals surface area contributed by atoms with E-state index in [1.54, 1.807) is 13.3 Å². The van der Waals surface area contributed by atoms with Crippen LogP contribution in [-0.2, 0) is 13.0 Å². The fourth-order valence-corrected chi connectivity index (χ4v) is 2.98. The molecule has 1 aromatic carbocycles. The Morgan fingerprint density at radius 3 is 2.71 bits per heavy atom. The summed E-state index contributed by atoms with van der Waals surface area (Å²) in [5.41, 5.74) is 2.38. The summed E-state index contributed by atoms with van der Waals surface area (Å²) in [5, 5.41) is 7.96. The highest BCUT2D eigenvalue weighted by Gasteiger charge is 2.21. The van der Waals surface area contributed by atoms with Gasteiger partial charge < -0.3 is 10.1 Å². The third-order valence-corrected chi connectivity index (χ3v) is 4.30. The lowest BCUT2D eigenvalue weighted by molar-refractivity contribution is 0.391. The van der Waals surface area contributed by atoms with E-state index in [0.717, 1.165) is 35.4 Å². The first kappa shape index (κ1) is 16.0. The average Bonchev–Trinajstić information content (AvgIpc) is 2.91. The number of hydrogen-bond donors (Lipinski definition) is 1. The van der Waals surface area contributed by atoms with Crippen molar-refractivity contribution in [1.82, 2.24) is 15.1 Å². The average molecular weight is 352 g/mol. The molecule has 0 aliphatic carbocycles. The molecule has 1 heterocycles. The van der Waals surface area contributed by atoms with Gasteiger partial charge in [-0.2, -0.15) is 5.10 Å². The molecule has 114 valence electrons. The van der Waals surface area contributed by atoms with E-state index in [1.165, 1.54) is 5.56 Å². The molecule has 5 heteroatoms. The van der Waals surface area contributed by atoms with Crippen molar-refractivity contribution in [2.24, 2.45) is 0 Å². The number of ether oxygens (including phenoxy) is 1. The van der Waals surface area contributed by atoms with Crippen LogP contribution in [0, 0.1) is 0 Å². The zero-order valence-corrected chi connectivity index (χ0v) is 14.4. The van der Waals surface area contributed by atoms with Gasteiger partial charge in [0, 0.05) is 11.0 Å². The molecule has 21 heavy (non-hydrogen) atoms. The van der Waals surface area contributed by atoms with Gasteiger partial charge in [-0.1, -0.05) is 41.1 Å². The van der Waals surface area contributed by atoms with Crippen molar-refractivity contribution in [3.05, 3.63) is 46.2 Å². The standard InChI is InChI=1S/C16H22BrN3O/c1-4-18-14(10-12-8-6-7-9-13(12)17)16-15(21-3)11-19-20(16)5-2/h6-9,11,14,18H,4-5,10H2,1-3H3. The monoisotopic (exact) mass is 351 g/mol. The Hall–Kier alpha value is -1.33. The maximum absolute atomic E-state index is 5.49. The van der Waals surface area contributed by atoms with Crippen LogP contribution in [0.1, 0.15) is 31.1 Å². The number of rotatable bonds is 7. The normalized spacial score (nSPS) is 12.4. The Morgan fingerprint density at radius 1 is 1.33 bits per heavy atom. The number of aromatic nitrogens is 2. The molecule has 1 N–H and O–H groups in total. The van der Waals surface area contributed by atoms with Gasteiger partial charge in [-0.25, -0.2) is 0 Å². The van der Waals surface area contributed by atoms with Crippen LogP contribution in [0.15, 0.2) is 34.9 Å². The number of likely N-dealkylation sites (N-methyl/N-ethyl adjacent to an activating group) is 1. The molecule has 0 aliphatic heterocycles. The van der Waals surface area contributed by atoms with E-state index in [0.29, 0.717) is 0 Å². The van der Waals surface area contributed by atoms with Crippen molar-refractivity contribution in [2.75, 3.05) is 13.7 Å². The lowest BCUT2D eigenvalue weighted by atomic mass is 10.0. The molecule has 2 aromatic rings. The van der Waals surface area contributed by atoms with E-state index >= 15 is 0 Å². The Kier molecular flexibility index (Phi) is 5.82. The largest absolute Gasteiger partial charge is 0.493 e. The molecule has 0 bridgehead atoms. The summed E-state index contributed by atoms with van der Waals surface area (Å²) in [7, 11) is 1.70. The summed E-state index contributed by atoms with van der Waals surface area (Å²) < 4.78 is 8.62. The second kappa shape index (κ2) is 7.61. The number of nitrogens with zero attached hydrogens (tertiary/aromatic N) is 2. The van der Waals surface area contributed by atoms with E-state index < -0.39 is 0 Å². The quantitative estimate of drug-likeness (QED) is 0.828. The smallest absolute Gasteiger partial charge is 0.161 e. The van der Waals surface area contributed by atoms with Gasteiger partial charge in [0.2, 0.25) is 0 Å². The number of nitrogens with one attached hydrogen (secondary N) is 1. The lowest BCUT2D eigenvalue weighted by Gasteiger charge is -2.21. The van der Waals surface area contributed by atoms with Crippen molar-refractivity contribution in [3.8, 4) is 5.75 Å². The minimum Gasteiger partial charge on any atom is -0.493 e. The maximum atomic E-state index is 5.49. The molecular weight excluding hydrogens is 330 g/mol. The summed E-state index contributed by atoms with van der Waals surface area (Å²) in [6.07, 6.45) is 2.68. The molecule has 2 rings (SSSR count). The molecule has 0 fully saturated rings. The van der Waals surface area contributed by atoms with Crippen LogP contribution in [0.5, 0.6) is 5.75 Å². The highest BCUT2D eigenvalue weighted by Crippen LogP contribution is 2.29. The van der Waals surface area contributed by atoms with E-state index in [4.69, 9.17) is 4.74 Å². The summed E-state index contributed by atoms with van der Waals surface area (Å²) in [4.78, 5) is 0. The van der Waals surface area contributed by atoms with Gasteiger partial charge in [0.1, 0.15) is 0 Å². The minimum atomic E-state index is 0.172. The van der Waals surface area contributed by atoms with Gasteiger partial charge in [-0.05, 0) is 31.5 Å². The number of halogens is 1. The number of benzene rings is 1. The third kappa shape index (κ3) is 3.66. The topological polar surface area (TPSA) is 39.1 Å². The van der Waals surface area contributed by atoms with Crippen LogP contribution in [-0.4, -0.2) is 23.4 Å². The van der Waals surface area contributed by atoms with E-state index in [2.05, 4.69) is 58.4 Å². The van der Waals surface area contributed by atoms with Crippen molar-refractivity contribution < 1.29 is 4.74 Å². The van der Waals surface area contributed by atoms with Gasteiger partial charge in [0.25, 0.3) is 0 Å².